The van der Waals surface area contributed by atoms with Crippen LogP contribution in [0.15, 0.2) is 18.2 Å². The highest BCUT2D eigenvalue weighted by Crippen LogP contribution is 2.12. The van der Waals surface area contributed by atoms with Crippen molar-refractivity contribution in [1.82, 2.24) is 4.90 Å². The summed E-state index contributed by atoms with van der Waals surface area (Å²) in [6.07, 6.45) is 2.20. The Morgan fingerprint density at radius 3 is 2.67 bits per heavy atom. The maximum absolute atomic E-state index is 8.81. The minimum Gasteiger partial charge on any atom is -0.309 e. The van der Waals surface area contributed by atoms with Gasteiger partial charge in [0.2, 0.25) is 0 Å². The van der Waals surface area contributed by atoms with Gasteiger partial charge in [0.05, 0.1) is 11.6 Å². The standard InChI is InChI=1S/C13H18N2/c1-11-6-7-12(10-14)9-13(11)5-4-8-15(2)3/h6-7,9H,4-5,8H2,1-3H3. The van der Waals surface area contributed by atoms with Crippen molar-refractivity contribution in [2.75, 3.05) is 20.6 Å². The van der Waals surface area contributed by atoms with E-state index >= 15 is 0 Å². The first-order valence-corrected chi connectivity index (χ1v) is 5.28. The summed E-state index contributed by atoms with van der Waals surface area (Å²) < 4.78 is 0. The van der Waals surface area contributed by atoms with Crippen LogP contribution >= 0.6 is 0 Å². The molecule has 0 aliphatic carbocycles. The lowest BCUT2D eigenvalue weighted by molar-refractivity contribution is 0.400. The molecule has 0 heterocycles. The van der Waals surface area contributed by atoms with Gasteiger partial charge in [-0.1, -0.05) is 6.07 Å². The van der Waals surface area contributed by atoms with Crippen LogP contribution in [0.3, 0.4) is 0 Å². The Morgan fingerprint density at radius 2 is 2.07 bits per heavy atom. The third kappa shape index (κ3) is 3.73. The average molecular weight is 202 g/mol. The van der Waals surface area contributed by atoms with Crippen molar-refractivity contribution >= 4 is 0 Å². The lowest BCUT2D eigenvalue weighted by Gasteiger charge is -2.10. The molecule has 2 heteroatoms. The summed E-state index contributed by atoms with van der Waals surface area (Å²) in [5.41, 5.74) is 3.35. The largest absolute Gasteiger partial charge is 0.309 e. The van der Waals surface area contributed by atoms with E-state index in [1.165, 1.54) is 11.1 Å². The molecule has 0 unspecified atom stereocenters. The van der Waals surface area contributed by atoms with Gasteiger partial charge >= 0.3 is 0 Å². The first-order chi connectivity index (χ1) is 7.13. The molecule has 0 bridgehead atoms. The van der Waals surface area contributed by atoms with Gasteiger partial charge < -0.3 is 4.90 Å². The second-order valence-corrected chi connectivity index (χ2v) is 4.16. The summed E-state index contributed by atoms with van der Waals surface area (Å²) in [5, 5.41) is 8.81. The summed E-state index contributed by atoms with van der Waals surface area (Å²) in [6.45, 7) is 3.20. The molecule has 1 rings (SSSR count). The molecule has 0 saturated heterocycles. The second kappa shape index (κ2) is 5.53. The van der Waals surface area contributed by atoms with Crippen molar-refractivity contribution in [3.05, 3.63) is 34.9 Å². The summed E-state index contributed by atoms with van der Waals surface area (Å²) >= 11 is 0. The molecule has 1 aromatic rings. The number of nitrogens with zero attached hydrogens (tertiary/aromatic N) is 2. The highest BCUT2D eigenvalue weighted by molar-refractivity contribution is 5.37. The van der Waals surface area contributed by atoms with Crippen LogP contribution in [0.4, 0.5) is 0 Å². The Labute approximate surface area is 92.1 Å². The van der Waals surface area contributed by atoms with E-state index in [-0.39, 0.29) is 0 Å². The van der Waals surface area contributed by atoms with Crippen LogP contribution < -0.4 is 0 Å². The number of nitriles is 1. The van der Waals surface area contributed by atoms with Gasteiger partial charge in [0, 0.05) is 0 Å². The monoisotopic (exact) mass is 202 g/mol. The van der Waals surface area contributed by atoms with Crippen LogP contribution in [0.5, 0.6) is 0 Å². The molecule has 1 aromatic carbocycles. The molecule has 80 valence electrons. The van der Waals surface area contributed by atoms with Crippen molar-refractivity contribution in [3.63, 3.8) is 0 Å². The number of aryl methyl sites for hydroxylation is 2. The van der Waals surface area contributed by atoms with E-state index in [9.17, 15) is 0 Å². The molecule has 15 heavy (non-hydrogen) atoms. The smallest absolute Gasteiger partial charge is 0.0991 e. The Bertz CT molecular complexity index is 361. The van der Waals surface area contributed by atoms with Gasteiger partial charge in [-0.2, -0.15) is 5.26 Å². The van der Waals surface area contributed by atoms with E-state index < -0.39 is 0 Å². The molecule has 0 aliphatic heterocycles. The Balaban J connectivity index is 2.64. The second-order valence-electron chi connectivity index (χ2n) is 4.16. The predicted molar refractivity (Wildman–Crippen MR) is 62.8 cm³/mol. The molecular weight excluding hydrogens is 184 g/mol. The first kappa shape index (κ1) is 11.7. The Morgan fingerprint density at radius 1 is 1.33 bits per heavy atom. The SMILES string of the molecule is Cc1ccc(C#N)cc1CCCN(C)C. The van der Waals surface area contributed by atoms with E-state index in [0.29, 0.717) is 0 Å². The van der Waals surface area contributed by atoms with Crippen molar-refractivity contribution in [3.8, 4) is 6.07 Å². The molecule has 0 fully saturated rings. The molecule has 0 amide bonds. The molecule has 2 nitrogen and oxygen atoms in total. The van der Waals surface area contributed by atoms with Gasteiger partial charge in [0.1, 0.15) is 0 Å². The molecule has 0 aliphatic rings. The predicted octanol–water partition coefficient (Wildman–Crippen LogP) is 2.36. The molecule has 0 spiro atoms. The van der Waals surface area contributed by atoms with Gasteiger partial charge in [0.15, 0.2) is 0 Å². The van der Waals surface area contributed by atoms with E-state index in [1.807, 2.05) is 18.2 Å². The third-order valence-electron chi connectivity index (χ3n) is 2.53. The van der Waals surface area contributed by atoms with Crippen LogP contribution in [0.25, 0.3) is 0 Å². The van der Waals surface area contributed by atoms with E-state index in [1.54, 1.807) is 0 Å². The van der Waals surface area contributed by atoms with Crippen molar-refractivity contribution in [2.24, 2.45) is 0 Å². The lowest BCUT2D eigenvalue weighted by atomic mass is 10.0. The van der Waals surface area contributed by atoms with Crippen LogP contribution in [-0.4, -0.2) is 25.5 Å². The van der Waals surface area contributed by atoms with Gasteiger partial charge in [-0.05, 0) is 63.7 Å². The Kier molecular flexibility index (Phi) is 4.33. The number of rotatable bonds is 4. The van der Waals surface area contributed by atoms with Crippen LogP contribution in [0.2, 0.25) is 0 Å². The van der Waals surface area contributed by atoms with Crippen LogP contribution in [-0.2, 0) is 6.42 Å². The quantitative estimate of drug-likeness (QED) is 0.749. The minimum atomic E-state index is 0.764. The van der Waals surface area contributed by atoms with Crippen LogP contribution in [0, 0.1) is 18.3 Å². The molecule has 0 saturated carbocycles. The fourth-order valence-electron chi connectivity index (χ4n) is 1.60. The van der Waals surface area contributed by atoms with Gasteiger partial charge in [-0.25, -0.2) is 0 Å². The molecule has 0 radical (unpaired) electrons. The average Bonchev–Trinajstić information content (AvgIpc) is 2.20. The maximum Gasteiger partial charge on any atom is 0.0991 e. The van der Waals surface area contributed by atoms with E-state index in [2.05, 4.69) is 32.0 Å². The van der Waals surface area contributed by atoms with Crippen LogP contribution in [0.1, 0.15) is 23.1 Å². The highest BCUT2D eigenvalue weighted by Gasteiger charge is 2.00. The normalized spacial score (nSPS) is 10.3. The number of hydrogen-bond donors (Lipinski definition) is 0. The zero-order valence-corrected chi connectivity index (χ0v) is 9.75. The van der Waals surface area contributed by atoms with Crippen molar-refractivity contribution < 1.29 is 0 Å². The fourth-order valence-corrected chi connectivity index (χ4v) is 1.60. The topological polar surface area (TPSA) is 27.0 Å². The summed E-state index contributed by atoms with van der Waals surface area (Å²) in [4.78, 5) is 2.18. The van der Waals surface area contributed by atoms with E-state index in [0.717, 1.165) is 24.9 Å². The minimum absolute atomic E-state index is 0.764. The fraction of sp³-hybridized carbons (Fsp3) is 0.462. The van der Waals surface area contributed by atoms with Gasteiger partial charge in [-0.3, -0.25) is 0 Å². The highest BCUT2D eigenvalue weighted by atomic mass is 15.0. The lowest BCUT2D eigenvalue weighted by Crippen LogP contribution is -2.13. The number of hydrogen-bond acceptors (Lipinski definition) is 2. The molecule has 0 aromatic heterocycles. The van der Waals surface area contributed by atoms with E-state index in [4.69, 9.17) is 5.26 Å². The maximum atomic E-state index is 8.81. The Hall–Kier alpha value is -1.33. The summed E-state index contributed by atoms with van der Waals surface area (Å²) in [7, 11) is 4.16. The van der Waals surface area contributed by atoms with Crippen molar-refractivity contribution in [1.29, 1.82) is 5.26 Å². The zero-order chi connectivity index (χ0) is 11.3. The molecule has 0 atom stereocenters. The van der Waals surface area contributed by atoms with Gasteiger partial charge in [0.25, 0.3) is 0 Å². The van der Waals surface area contributed by atoms with Gasteiger partial charge in [-0.15, -0.1) is 0 Å². The van der Waals surface area contributed by atoms with Crippen molar-refractivity contribution in [2.45, 2.75) is 19.8 Å². The zero-order valence-electron chi connectivity index (χ0n) is 9.75. The molecule has 0 N–H and O–H groups in total. The third-order valence-corrected chi connectivity index (χ3v) is 2.53. The summed E-state index contributed by atoms with van der Waals surface area (Å²) in [5.74, 6) is 0. The number of benzene rings is 1. The summed E-state index contributed by atoms with van der Waals surface area (Å²) in [6, 6.07) is 8.10. The molecular formula is C13H18N2. The first-order valence-electron chi connectivity index (χ1n) is 5.28.